The average Bonchev–Trinajstić information content (AvgIpc) is 2.73. The maximum atomic E-state index is 12.2. The summed E-state index contributed by atoms with van der Waals surface area (Å²) in [6.45, 7) is 7.12. The molecule has 1 N–H and O–H groups in total. The molecular weight excluding hydrogens is 360 g/mol. The third-order valence-corrected chi connectivity index (χ3v) is 5.67. The maximum Gasteiger partial charge on any atom is 0.220 e. The van der Waals surface area contributed by atoms with Crippen LogP contribution in [0.2, 0.25) is 0 Å². The van der Waals surface area contributed by atoms with Crippen molar-refractivity contribution in [1.82, 2.24) is 10.2 Å². The molecule has 0 radical (unpaired) electrons. The molecule has 2 aromatic carbocycles. The molecule has 0 spiro atoms. The van der Waals surface area contributed by atoms with E-state index in [-0.39, 0.29) is 5.91 Å². The second-order valence-corrected chi connectivity index (χ2v) is 8.44. The largest absolute Gasteiger partial charge is 0.490 e. The zero-order valence-electron chi connectivity index (χ0n) is 18.0. The highest BCUT2D eigenvalue weighted by atomic mass is 16.5. The second-order valence-electron chi connectivity index (χ2n) is 8.44. The van der Waals surface area contributed by atoms with E-state index in [0.29, 0.717) is 25.0 Å². The summed E-state index contributed by atoms with van der Waals surface area (Å²) in [5.74, 6) is 1.54. The van der Waals surface area contributed by atoms with Crippen LogP contribution >= 0.6 is 0 Å². The van der Waals surface area contributed by atoms with E-state index in [1.807, 2.05) is 24.3 Å². The highest BCUT2D eigenvalue weighted by Crippen LogP contribution is 2.19. The summed E-state index contributed by atoms with van der Waals surface area (Å²) in [6.07, 6.45) is 3.75. The van der Waals surface area contributed by atoms with Crippen molar-refractivity contribution in [3.8, 4) is 5.75 Å². The number of amides is 1. The summed E-state index contributed by atoms with van der Waals surface area (Å²) >= 11 is 0. The SMILES string of the molecule is CC(C)c1ccc(CCC(=O)NCc2ccc(OC3CCN(C)CC3)cc2)cc1. The van der Waals surface area contributed by atoms with Crippen molar-refractivity contribution in [3.63, 3.8) is 0 Å². The molecule has 1 aliphatic heterocycles. The molecule has 0 aliphatic carbocycles. The number of hydrogen-bond acceptors (Lipinski definition) is 3. The normalized spacial score (nSPS) is 15.4. The van der Waals surface area contributed by atoms with Crippen molar-refractivity contribution < 1.29 is 9.53 Å². The molecule has 1 heterocycles. The Bertz CT molecular complexity index is 760. The van der Waals surface area contributed by atoms with Crippen LogP contribution in [0.4, 0.5) is 0 Å². The highest BCUT2D eigenvalue weighted by molar-refractivity contribution is 5.76. The second kappa shape index (κ2) is 10.4. The minimum absolute atomic E-state index is 0.0876. The fraction of sp³-hybridized carbons (Fsp3) is 0.480. The molecule has 156 valence electrons. The molecule has 1 aliphatic rings. The molecule has 4 heteroatoms. The standard InChI is InChI=1S/C25H34N2O2/c1-19(2)22-9-4-20(5-10-22)8-13-25(28)26-18-21-6-11-23(12-7-21)29-24-14-16-27(3)17-15-24/h4-7,9-12,19,24H,8,13-18H2,1-3H3,(H,26,28). The Balaban J connectivity index is 1.38. The van der Waals surface area contributed by atoms with E-state index < -0.39 is 0 Å². The van der Waals surface area contributed by atoms with E-state index >= 15 is 0 Å². The first kappa shape index (κ1) is 21.4. The third kappa shape index (κ3) is 6.90. The molecule has 1 amide bonds. The molecule has 0 saturated carbocycles. The minimum Gasteiger partial charge on any atom is -0.490 e. The van der Waals surface area contributed by atoms with Gasteiger partial charge in [0.2, 0.25) is 5.91 Å². The number of likely N-dealkylation sites (tertiary alicyclic amines) is 1. The smallest absolute Gasteiger partial charge is 0.220 e. The lowest BCUT2D eigenvalue weighted by Crippen LogP contribution is -2.35. The number of rotatable bonds is 8. The summed E-state index contributed by atoms with van der Waals surface area (Å²) in [5.41, 5.74) is 3.64. The molecule has 4 nitrogen and oxygen atoms in total. The van der Waals surface area contributed by atoms with Crippen molar-refractivity contribution in [2.24, 2.45) is 0 Å². The Labute approximate surface area is 175 Å². The molecule has 0 aromatic heterocycles. The quantitative estimate of drug-likeness (QED) is 0.715. The zero-order valence-corrected chi connectivity index (χ0v) is 18.0. The van der Waals surface area contributed by atoms with Gasteiger partial charge in [0.05, 0.1) is 0 Å². The van der Waals surface area contributed by atoms with Crippen molar-refractivity contribution in [3.05, 3.63) is 65.2 Å². The van der Waals surface area contributed by atoms with Crippen LogP contribution in [0.5, 0.6) is 5.75 Å². The Kier molecular flexibility index (Phi) is 7.70. The summed E-state index contributed by atoms with van der Waals surface area (Å²) in [6, 6.07) is 16.7. The van der Waals surface area contributed by atoms with Crippen molar-refractivity contribution in [2.75, 3.05) is 20.1 Å². The Morgan fingerprint density at radius 3 is 2.28 bits per heavy atom. The number of aryl methyl sites for hydroxylation is 1. The molecule has 1 fully saturated rings. The summed E-state index contributed by atoms with van der Waals surface area (Å²) in [4.78, 5) is 14.5. The molecule has 0 bridgehead atoms. The van der Waals surface area contributed by atoms with Gasteiger partial charge in [0.25, 0.3) is 0 Å². The van der Waals surface area contributed by atoms with Crippen LogP contribution in [0, 0.1) is 0 Å². The summed E-state index contributed by atoms with van der Waals surface area (Å²) < 4.78 is 6.08. The van der Waals surface area contributed by atoms with Gasteiger partial charge in [0.1, 0.15) is 11.9 Å². The number of hydrogen-bond donors (Lipinski definition) is 1. The average molecular weight is 395 g/mol. The van der Waals surface area contributed by atoms with Gasteiger partial charge in [-0.05, 0) is 61.1 Å². The summed E-state index contributed by atoms with van der Waals surface area (Å²) in [5, 5.41) is 3.02. The van der Waals surface area contributed by atoms with Gasteiger partial charge in [-0.1, -0.05) is 50.2 Å². The number of nitrogens with zero attached hydrogens (tertiary/aromatic N) is 1. The fourth-order valence-electron chi connectivity index (χ4n) is 3.60. The van der Waals surface area contributed by atoms with Crippen molar-refractivity contribution in [1.29, 1.82) is 0 Å². The molecule has 3 rings (SSSR count). The van der Waals surface area contributed by atoms with Gasteiger partial charge in [-0.15, -0.1) is 0 Å². The Hall–Kier alpha value is -2.33. The predicted molar refractivity (Wildman–Crippen MR) is 118 cm³/mol. The molecule has 0 unspecified atom stereocenters. The van der Waals surface area contributed by atoms with Crippen molar-refractivity contribution >= 4 is 5.91 Å². The Morgan fingerprint density at radius 1 is 1.03 bits per heavy atom. The minimum atomic E-state index is 0.0876. The van der Waals surface area contributed by atoms with Crippen molar-refractivity contribution in [2.45, 2.75) is 58.1 Å². The first-order valence-corrected chi connectivity index (χ1v) is 10.8. The van der Waals surface area contributed by atoms with E-state index in [9.17, 15) is 4.79 Å². The van der Waals surface area contributed by atoms with Crippen LogP contribution in [-0.2, 0) is 17.8 Å². The highest BCUT2D eigenvalue weighted by Gasteiger charge is 2.17. The molecular formula is C25H34N2O2. The van der Waals surface area contributed by atoms with E-state index in [0.717, 1.165) is 43.7 Å². The summed E-state index contributed by atoms with van der Waals surface area (Å²) in [7, 11) is 2.15. The van der Waals surface area contributed by atoms with Gasteiger partial charge in [0.15, 0.2) is 0 Å². The number of benzene rings is 2. The van der Waals surface area contributed by atoms with Gasteiger partial charge in [-0.25, -0.2) is 0 Å². The van der Waals surface area contributed by atoms with Gasteiger partial charge in [-0.3, -0.25) is 4.79 Å². The van der Waals surface area contributed by atoms with E-state index in [1.54, 1.807) is 0 Å². The third-order valence-electron chi connectivity index (χ3n) is 5.67. The lowest BCUT2D eigenvalue weighted by Gasteiger charge is -2.29. The molecule has 29 heavy (non-hydrogen) atoms. The van der Waals surface area contributed by atoms with E-state index in [1.165, 1.54) is 11.1 Å². The topological polar surface area (TPSA) is 41.6 Å². The molecule has 0 atom stereocenters. The number of nitrogens with one attached hydrogen (secondary N) is 1. The van der Waals surface area contributed by atoms with Crippen LogP contribution in [0.1, 0.15) is 55.7 Å². The first-order valence-electron chi connectivity index (χ1n) is 10.8. The lowest BCUT2D eigenvalue weighted by atomic mass is 10.0. The number of ether oxygens (including phenoxy) is 1. The zero-order chi connectivity index (χ0) is 20.6. The van der Waals surface area contributed by atoms with Crippen LogP contribution in [0.3, 0.4) is 0 Å². The van der Waals surface area contributed by atoms with Gasteiger partial charge >= 0.3 is 0 Å². The molecule has 2 aromatic rings. The van der Waals surface area contributed by atoms with Gasteiger partial charge in [-0.2, -0.15) is 0 Å². The maximum absolute atomic E-state index is 12.2. The Morgan fingerprint density at radius 2 is 1.66 bits per heavy atom. The van der Waals surface area contributed by atoms with Gasteiger partial charge < -0.3 is 15.0 Å². The monoisotopic (exact) mass is 394 g/mol. The molecule has 1 saturated heterocycles. The number of carbonyl (C=O) groups is 1. The number of carbonyl (C=O) groups excluding carboxylic acids is 1. The van der Waals surface area contributed by atoms with Crippen LogP contribution in [0.25, 0.3) is 0 Å². The number of piperidine rings is 1. The first-order chi connectivity index (χ1) is 14.0. The van der Waals surface area contributed by atoms with E-state index in [2.05, 4.69) is 55.4 Å². The van der Waals surface area contributed by atoms with Gasteiger partial charge in [0, 0.05) is 26.1 Å². The predicted octanol–water partition coefficient (Wildman–Crippen LogP) is 4.53. The van der Waals surface area contributed by atoms with Crippen LogP contribution < -0.4 is 10.1 Å². The van der Waals surface area contributed by atoms with Crippen LogP contribution in [0.15, 0.2) is 48.5 Å². The fourth-order valence-corrected chi connectivity index (χ4v) is 3.60. The van der Waals surface area contributed by atoms with E-state index in [4.69, 9.17) is 4.74 Å². The van der Waals surface area contributed by atoms with Crippen LogP contribution in [-0.4, -0.2) is 37.0 Å². The lowest BCUT2D eigenvalue weighted by molar-refractivity contribution is -0.121.